The third kappa shape index (κ3) is 4.23. The lowest BCUT2D eigenvalue weighted by Gasteiger charge is -2.46. The molecule has 9 nitrogen and oxygen atoms in total. The SMILES string of the molecule is CC(=O)OC[C@H]1OC2Oc3c(c4ccccc4c4ccccc34)OC2[C@@H](OC(C)=O)[C@@H]1OC(C)=O. The fourth-order valence-corrected chi connectivity index (χ4v) is 4.65. The number of carbonyl (C=O) groups is 3. The molecule has 2 aliphatic heterocycles. The van der Waals surface area contributed by atoms with Crippen molar-refractivity contribution in [3.63, 3.8) is 0 Å². The van der Waals surface area contributed by atoms with Crippen LogP contribution in [0.1, 0.15) is 20.8 Å². The highest BCUT2D eigenvalue weighted by Crippen LogP contribution is 2.48. The van der Waals surface area contributed by atoms with Gasteiger partial charge in [0, 0.05) is 31.5 Å². The Morgan fingerprint density at radius 2 is 1.23 bits per heavy atom. The summed E-state index contributed by atoms with van der Waals surface area (Å²) in [6, 6.07) is 15.5. The molecule has 0 amide bonds. The minimum atomic E-state index is -1.09. The van der Waals surface area contributed by atoms with E-state index in [9.17, 15) is 14.4 Å². The van der Waals surface area contributed by atoms with Crippen molar-refractivity contribution in [2.75, 3.05) is 6.61 Å². The van der Waals surface area contributed by atoms with Crippen molar-refractivity contribution in [1.29, 1.82) is 0 Å². The molecule has 35 heavy (non-hydrogen) atoms. The number of hydrogen-bond donors (Lipinski definition) is 0. The van der Waals surface area contributed by atoms with Crippen LogP contribution in [0.15, 0.2) is 48.5 Å². The molecule has 182 valence electrons. The van der Waals surface area contributed by atoms with Gasteiger partial charge < -0.3 is 28.4 Å². The molecule has 0 spiro atoms. The van der Waals surface area contributed by atoms with Gasteiger partial charge >= 0.3 is 17.9 Å². The van der Waals surface area contributed by atoms with Gasteiger partial charge in [-0.25, -0.2) is 0 Å². The highest BCUT2D eigenvalue weighted by molar-refractivity contribution is 6.13. The van der Waals surface area contributed by atoms with E-state index in [-0.39, 0.29) is 6.61 Å². The second-order valence-electron chi connectivity index (χ2n) is 8.44. The molecule has 0 N–H and O–H groups in total. The summed E-state index contributed by atoms with van der Waals surface area (Å²) in [7, 11) is 0. The number of rotatable bonds is 4. The van der Waals surface area contributed by atoms with Gasteiger partial charge in [-0.2, -0.15) is 0 Å². The van der Waals surface area contributed by atoms with Crippen molar-refractivity contribution >= 4 is 39.5 Å². The lowest BCUT2D eigenvalue weighted by atomic mass is 9.95. The van der Waals surface area contributed by atoms with Crippen molar-refractivity contribution in [2.45, 2.75) is 51.5 Å². The average molecular weight is 480 g/mol. The normalized spacial score (nSPS) is 24.9. The van der Waals surface area contributed by atoms with Crippen LogP contribution in [0.25, 0.3) is 21.5 Å². The van der Waals surface area contributed by atoms with Crippen LogP contribution < -0.4 is 9.47 Å². The van der Waals surface area contributed by atoms with Crippen LogP contribution in [0.3, 0.4) is 0 Å². The lowest BCUT2D eigenvalue weighted by Crippen LogP contribution is -2.65. The van der Waals surface area contributed by atoms with Crippen LogP contribution >= 0.6 is 0 Å². The highest BCUT2D eigenvalue weighted by Gasteiger charge is 2.55. The second-order valence-corrected chi connectivity index (χ2v) is 8.44. The van der Waals surface area contributed by atoms with Crippen molar-refractivity contribution in [3.05, 3.63) is 48.5 Å². The van der Waals surface area contributed by atoms with E-state index >= 15 is 0 Å². The Labute approximate surface area is 200 Å². The molecule has 0 aliphatic carbocycles. The Balaban J connectivity index is 1.63. The summed E-state index contributed by atoms with van der Waals surface area (Å²) < 4.78 is 35.1. The number of carbonyl (C=O) groups excluding carboxylic acids is 3. The first-order valence-corrected chi connectivity index (χ1v) is 11.2. The van der Waals surface area contributed by atoms with Crippen LogP contribution in [0.2, 0.25) is 0 Å². The molecule has 0 aromatic heterocycles. The van der Waals surface area contributed by atoms with E-state index in [1.807, 2.05) is 48.5 Å². The summed E-state index contributed by atoms with van der Waals surface area (Å²) in [6.07, 6.45) is -5.09. The van der Waals surface area contributed by atoms with Crippen molar-refractivity contribution in [3.8, 4) is 11.5 Å². The van der Waals surface area contributed by atoms with Gasteiger partial charge in [-0.1, -0.05) is 48.5 Å². The molecular formula is C26H24O9. The summed E-state index contributed by atoms with van der Waals surface area (Å²) in [4.78, 5) is 35.4. The molecule has 5 rings (SSSR count). The third-order valence-electron chi connectivity index (χ3n) is 5.97. The van der Waals surface area contributed by atoms with Crippen molar-refractivity contribution in [2.24, 2.45) is 0 Å². The van der Waals surface area contributed by atoms with Gasteiger partial charge in [-0.05, 0) is 10.8 Å². The van der Waals surface area contributed by atoms with Gasteiger partial charge in [0.15, 0.2) is 23.7 Å². The first-order chi connectivity index (χ1) is 16.8. The van der Waals surface area contributed by atoms with Crippen LogP contribution in [-0.2, 0) is 33.3 Å². The maximum absolute atomic E-state index is 12.0. The standard InChI is InChI=1S/C26H24O9/c1-13(27)30-12-20-23(31-14(2)28)24(32-15(3)29)25-26(33-20)35-22-19-11-7-5-9-17(19)16-8-4-6-10-18(16)21(22)34-25/h4-11,20,23-26H,12H2,1-3H3/t20-,23-,24+,25?,26?/m1/s1. The first kappa shape index (κ1) is 22.9. The molecule has 2 heterocycles. The Hall–Kier alpha value is -3.85. The van der Waals surface area contributed by atoms with E-state index in [1.54, 1.807) is 0 Å². The van der Waals surface area contributed by atoms with Crippen molar-refractivity contribution in [1.82, 2.24) is 0 Å². The summed E-state index contributed by atoms with van der Waals surface area (Å²) in [5.74, 6) is -0.794. The number of hydrogen-bond acceptors (Lipinski definition) is 9. The first-order valence-electron chi connectivity index (χ1n) is 11.2. The summed E-state index contributed by atoms with van der Waals surface area (Å²) >= 11 is 0. The third-order valence-corrected chi connectivity index (χ3v) is 5.97. The van der Waals surface area contributed by atoms with Gasteiger partial charge in [0.2, 0.25) is 12.4 Å². The van der Waals surface area contributed by atoms with E-state index in [0.29, 0.717) is 11.5 Å². The number of esters is 3. The summed E-state index contributed by atoms with van der Waals surface area (Å²) in [5, 5.41) is 3.58. The quantitative estimate of drug-likeness (QED) is 0.316. The van der Waals surface area contributed by atoms with E-state index in [1.165, 1.54) is 20.8 Å². The van der Waals surface area contributed by atoms with Crippen molar-refractivity contribution < 1.29 is 42.8 Å². The predicted molar refractivity (Wildman–Crippen MR) is 123 cm³/mol. The zero-order valence-electron chi connectivity index (χ0n) is 19.4. The minimum Gasteiger partial charge on any atom is -0.475 e. The number of fused-ring (bicyclic) bond motifs is 7. The van der Waals surface area contributed by atoms with Gasteiger partial charge in [0.25, 0.3) is 0 Å². The summed E-state index contributed by atoms with van der Waals surface area (Å²) in [6.45, 7) is 3.50. The number of ether oxygens (including phenoxy) is 6. The van der Waals surface area contributed by atoms with Crippen LogP contribution in [0, 0.1) is 0 Å². The second kappa shape index (κ2) is 9.07. The maximum Gasteiger partial charge on any atom is 0.303 e. The fourth-order valence-electron chi connectivity index (χ4n) is 4.65. The van der Waals surface area contributed by atoms with Crippen LogP contribution in [0.5, 0.6) is 11.5 Å². The van der Waals surface area contributed by atoms with Gasteiger partial charge in [0.05, 0.1) is 0 Å². The Morgan fingerprint density at radius 1 is 0.714 bits per heavy atom. The van der Waals surface area contributed by atoms with E-state index in [2.05, 4.69) is 0 Å². The topological polar surface area (TPSA) is 107 Å². The van der Waals surface area contributed by atoms with Gasteiger partial charge in [-0.15, -0.1) is 0 Å². The largest absolute Gasteiger partial charge is 0.475 e. The molecule has 1 saturated heterocycles. The Kier molecular flexibility index (Phi) is 5.94. The monoisotopic (exact) mass is 480 g/mol. The Morgan fingerprint density at radius 3 is 1.77 bits per heavy atom. The molecule has 0 bridgehead atoms. The smallest absolute Gasteiger partial charge is 0.303 e. The molecule has 9 heteroatoms. The highest BCUT2D eigenvalue weighted by atomic mass is 16.7. The molecule has 2 unspecified atom stereocenters. The molecule has 0 radical (unpaired) electrons. The predicted octanol–water partition coefficient (Wildman–Crippen LogP) is 3.28. The van der Waals surface area contributed by atoms with Crippen LogP contribution in [0.4, 0.5) is 0 Å². The minimum absolute atomic E-state index is 0.233. The van der Waals surface area contributed by atoms with Gasteiger partial charge in [0.1, 0.15) is 12.7 Å². The molecule has 1 fully saturated rings. The molecule has 0 saturated carbocycles. The van der Waals surface area contributed by atoms with Crippen LogP contribution in [-0.4, -0.2) is 55.2 Å². The fraction of sp³-hybridized carbons (Fsp3) is 0.346. The molecule has 5 atom stereocenters. The molecule has 3 aromatic carbocycles. The van der Waals surface area contributed by atoms with E-state index in [4.69, 9.17) is 28.4 Å². The number of benzene rings is 3. The van der Waals surface area contributed by atoms with Gasteiger partial charge in [-0.3, -0.25) is 14.4 Å². The maximum atomic E-state index is 12.0. The molecule has 2 aliphatic rings. The lowest BCUT2D eigenvalue weighted by molar-refractivity contribution is -0.286. The molecular weight excluding hydrogens is 456 g/mol. The van der Waals surface area contributed by atoms with E-state index < -0.39 is 48.6 Å². The average Bonchev–Trinajstić information content (AvgIpc) is 2.83. The molecule has 3 aromatic rings. The zero-order valence-corrected chi connectivity index (χ0v) is 19.4. The van der Waals surface area contributed by atoms with E-state index in [0.717, 1.165) is 21.5 Å². The summed E-state index contributed by atoms with van der Waals surface area (Å²) in [5.41, 5.74) is 0. The Bertz CT molecular complexity index is 1320. The zero-order chi connectivity index (χ0) is 24.7.